The Kier molecular flexibility index (Phi) is 5.40. The highest BCUT2D eigenvalue weighted by atomic mass is 16.5. The summed E-state index contributed by atoms with van der Waals surface area (Å²) in [6.07, 6.45) is 4.03. The molecule has 2 aliphatic rings. The van der Waals surface area contributed by atoms with Gasteiger partial charge in [-0.25, -0.2) is 9.97 Å². The molecule has 1 aromatic rings. The average Bonchev–Trinajstić information content (AvgIpc) is 3.10. The minimum atomic E-state index is -0.0938. The lowest BCUT2D eigenvalue weighted by molar-refractivity contribution is 0.0383. The molecule has 7 heteroatoms. The maximum Gasteiger partial charge on any atom is 0.254 e. The minimum absolute atomic E-state index is 0.0938. The van der Waals surface area contributed by atoms with E-state index in [9.17, 15) is 4.79 Å². The molecule has 23 heavy (non-hydrogen) atoms. The van der Waals surface area contributed by atoms with Crippen molar-refractivity contribution in [3.8, 4) is 0 Å². The molecule has 3 rings (SSSR count). The van der Waals surface area contributed by atoms with Crippen LogP contribution in [0.5, 0.6) is 0 Å². The van der Waals surface area contributed by atoms with E-state index in [1.807, 2.05) is 6.92 Å². The van der Waals surface area contributed by atoms with Crippen LogP contribution in [-0.2, 0) is 4.74 Å². The van der Waals surface area contributed by atoms with Crippen LogP contribution in [0, 0.1) is 6.92 Å². The molecule has 0 saturated carbocycles. The van der Waals surface area contributed by atoms with Crippen LogP contribution < -0.4 is 10.2 Å². The number of aromatic nitrogens is 2. The van der Waals surface area contributed by atoms with Crippen LogP contribution in [0.2, 0.25) is 0 Å². The third-order valence-electron chi connectivity index (χ3n) is 4.42. The second kappa shape index (κ2) is 7.70. The van der Waals surface area contributed by atoms with E-state index in [0.717, 1.165) is 57.6 Å². The van der Waals surface area contributed by atoms with Gasteiger partial charge in [-0.15, -0.1) is 0 Å². The van der Waals surface area contributed by atoms with Gasteiger partial charge in [0.15, 0.2) is 0 Å². The number of rotatable bonds is 5. The second-order valence-electron chi connectivity index (χ2n) is 6.07. The molecule has 0 spiro atoms. The lowest BCUT2D eigenvalue weighted by atomic mass is 10.2. The van der Waals surface area contributed by atoms with Gasteiger partial charge < -0.3 is 15.0 Å². The first-order valence-corrected chi connectivity index (χ1v) is 8.41. The highest BCUT2D eigenvalue weighted by Crippen LogP contribution is 2.16. The second-order valence-corrected chi connectivity index (χ2v) is 6.07. The lowest BCUT2D eigenvalue weighted by Gasteiger charge is -2.26. The Balaban J connectivity index is 1.52. The number of carbonyl (C=O) groups is 1. The smallest absolute Gasteiger partial charge is 0.254 e. The molecule has 2 fully saturated rings. The Bertz CT molecular complexity index is 539. The largest absolute Gasteiger partial charge is 0.379 e. The molecule has 0 aromatic carbocycles. The maximum atomic E-state index is 12.3. The normalized spacial score (nSPS) is 19.1. The van der Waals surface area contributed by atoms with Gasteiger partial charge in [0.1, 0.15) is 0 Å². The van der Waals surface area contributed by atoms with Gasteiger partial charge in [-0.2, -0.15) is 0 Å². The lowest BCUT2D eigenvalue weighted by Crippen LogP contribution is -2.41. The van der Waals surface area contributed by atoms with Crippen LogP contribution in [0.4, 0.5) is 5.95 Å². The predicted octanol–water partition coefficient (Wildman–Crippen LogP) is 0.447. The molecule has 1 amide bonds. The van der Waals surface area contributed by atoms with E-state index < -0.39 is 0 Å². The molecular weight excluding hydrogens is 294 g/mol. The topological polar surface area (TPSA) is 70.6 Å². The van der Waals surface area contributed by atoms with E-state index in [1.54, 1.807) is 6.20 Å². The van der Waals surface area contributed by atoms with Crippen molar-refractivity contribution < 1.29 is 9.53 Å². The van der Waals surface area contributed by atoms with Gasteiger partial charge in [-0.1, -0.05) is 0 Å². The van der Waals surface area contributed by atoms with Crippen LogP contribution in [-0.4, -0.2) is 73.3 Å². The van der Waals surface area contributed by atoms with Crippen molar-refractivity contribution in [2.45, 2.75) is 19.8 Å². The monoisotopic (exact) mass is 319 g/mol. The molecule has 1 N–H and O–H groups in total. The first-order valence-electron chi connectivity index (χ1n) is 8.41. The van der Waals surface area contributed by atoms with Crippen molar-refractivity contribution in [3.05, 3.63) is 17.5 Å². The Morgan fingerprint density at radius 3 is 2.70 bits per heavy atom. The fraction of sp³-hybridized carbons (Fsp3) is 0.688. The number of carbonyl (C=O) groups excluding carboxylic acids is 1. The molecule has 0 unspecified atom stereocenters. The highest BCUT2D eigenvalue weighted by Gasteiger charge is 2.18. The first kappa shape index (κ1) is 16.1. The molecule has 0 radical (unpaired) electrons. The standard InChI is InChI=1S/C16H25N5O2/c1-13-14(12-18-16(19-13)21-5-2-3-6-21)15(22)17-4-7-20-8-10-23-11-9-20/h12H,2-11H2,1H3,(H,17,22). The van der Waals surface area contributed by atoms with Crippen molar-refractivity contribution in [1.82, 2.24) is 20.2 Å². The summed E-state index contributed by atoms with van der Waals surface area (Å²) in [5.41, 5.74) is 1.31. The Labute approximate surface area is 137 Å². The summed E-state index contributed by atoms with van der Waals surface area (Å²) in [4.78, 5) is 25.6. The van der Waals surface area contributed by atoms with Gasteiger partial charge >= 0.3 is 0 Å². The van der Waals surface area contributed by atoms with Crippen molar-refractivity contribution in [3.63, 3.8) is 0 Å². The third kappa shape index (κ3) is 4.17. The number of anilines is 1. The summed E-state index contributed by atoms with van der Waals surface area (Å²) in [6, 6.07) is 0. The number of aryl methyl sites for hydroxylation is 1. The van der Waals surface area contributed by atoms with Crippen LogP contribution >= 0.6 is 0 Å². The van der Waals surface area contributed by atoms with E-state index >= 15 is 0 Å². The van der Waals surface area contributed by atoms with Crippen LogP contribution in [0.15, 0.2) is 6.20 Å². The van der Waals surface area contributed by atoms with E-state index in [4.69, 9.17) is 4.74 Å². The van der Waals surface area contributed by atoms with Crippen LogP contribution in [0.25, 0.3) is 0 Å². The van der Waals surface area contributed by atoms with E-state index in [-0.39, 0.29) is 5.91 Å². The molecule has 0 aliphatic carbocycles. The SMILES string of the molecule is Cc1nc(N2CCCC2)ncc1C(=O)NCCN1CCOCC1. The van der Waals surface area contributed by atoms with Gasteiger partial charge in [-0.05, 0) is 19.8 Å². The molecular formula is C16H25N5O2. The number of ether oxygens (including phenoxy) is 1. The zero-order valence-electron chi connectivity index (χ0n) is 13.8. The molecule has 2 saturated heterocycles. The first-order chi connectivity index (χ1) is 11.2. The Morgan fingerprint density at radius 2 is 2.00 bits per heavy atom. The quantitative estimate of drug-likeness (QED) is 0.849. The molecule has 0 atom stereocenters. The van der Waals surface area contributed by atoms with Gasteiger partial charge in [0.05, 0.1) is 24.5 Å². The molecule has 3 heterocycles. The van der Waals surface area contributed by atoms with E-state index in [2.05, 4.69) is 25.1 Å². The Hall–Kier alpha value is -1.73. The number of morpholine rings is 1. The zero-order chi connectivity index (χ0) is 16.1. The predicted molar refractivity (Wildman–Crippen MR) is 87.8 cm³/mol. The van der Waals surface area contributed by atoms with E-state index in [0.29, 0.717) is 12.1 Å². The minimum Gasteiger partial charge on any atom is -0.379 e. The fourth-order valence-corrected chi connectivity index (χ4v) is 2.99. The summed E-state index contributed by atoms with van der Waals surface area (Å²) in [5.74, 6) is 0.647. The van der Waals surface area contributed by atoms with Crippen molar-refractivity contribution in [1.29, 1.82) is 0 Å². The van der Waals surface area contributed by atoms with Crippen LogP contribution in [0.3, 0.4) is 0 Å². The molecule has 126 valence electrons. The van der Waals surface area contributed by atoms with Crippen molar-refractivity contribution >= 4 is 11.9 Å². The zero-order valence-corrected chi connectivity index (χ0v) is 13.8. The number of amides is 1. The summed E-state index contributed by atoms with van der Waals surface area (Å²) >= 11 is 0. The number of hydrogen-bond acceptors (Lipinski definition) is 6. The number of nitrogens with zero attached hydrogens (tertiary/aromatic N) is 4. The third-order valence-corrected chi connectivity index (χ3v) is 4.42. The number of nitrogens with one attached hydrogen (secondary N) is 1. The van der Waals surface area contributed by atoms with Gasteiger partial charge in [0.2, 0.25) is 5.95 Å². The summed E-state index contributed by atoms with van der Waals surface area (Å²) < 4.78 is 5.32. The summed E-state index contributed by atoms with van der Waals surface area (Å²) in [7, 11) is 0. The van der Waals surface area contributed by atoms with Crippen LogP contribution in [0.1, 0.15) is 28.9 Å². The van der Waals surface area contributed by atoms with Crippen molar-refractivity contribution in [2.75, 3.05) is 57.4 Å². The molecule has 7 nitrogen and oxygen atoms in total. The highest BCUT2D eigenvalue weighted by molar-refractivity contribution is 5.94. The average molecular weight is 319 g/mol. The summed E-state index contributed by atoms with van der Waals surface area (Å²) in [5, 5.41) is 2.96. The van der Waals surface area contributed by atoms with Gasteiger partial charge in [0.25, 0.3) is 5.91 Å². The molecule has 0 bridgehead atoms. The van der Waals surface area contributed by atoms with Crippen molar-refractivity contribution in [2.24, 2.45) is 0 Å². The van der Waals surface area contributed by atoms with Gasteiger partial charge in [-0.3, -0.25) is 9.69 Å². The Morgan fingerprint density at radius 1 is 1.26 bits per heavy atom. The summed E-state index contributed by atoms with van der Waals surface area (Å²) in [6.45, 7) is 8.78. The maximum absolute atomic E-state index is 12.3. The van der Waals surface area contributed by atoms with E-state index in [1.165, 1.54) is 12.8 Å². The number of hydrogen-bond donors (Lipinski definition) is 1. The molecule has 2 aliphatic heterocycles. The molecule has 1 aromatic heterocycles. The van der Waals surface area contributed by atoms with Gasteiger partial charge in [0, 0.05) is 45.5 Å². The fourth-order valence-electron chi connectivity index (χ4n) is 2.99.